The van der Waals surface area contributed by atoms with Gasteiger partial charge >= 0.3 is 0 Å². The van der Waals surface area contributed by atoms with Crippen molar-refractivity contribution in [3.8, 4) is 0 Å². The number of amides is 1. The third-order valence-corrected chi connectivity index (χ3v) is 8.17. The van der Waals surface area contributed by atoms with Crippen molar-refractivity contribution in [1.82, 2.24) is 0 Å². The molecule has 192 valence electrons. The van der Waals surface area contributed by atoms with Crippen LogP contribution in [0, 0.1) is 13.8 Å². The molecule has 1 unspecified atom stereocenters. The van der Waals surface area contributed by atoms with Gasteiger partial charge in [-0.15, -0.1) is 0 Å². The molecule has 2 N–H and O–H groups in total. The van der Waals surface area contributed by atoms with Crippen LogP contribution in [0.15, 0.2) is 65.6 Å². The van der Waals surface area contributed by atoms with Crippen LogP contribution in [0.5, 0.6) is 0 Å². The van der Waals surface area contributed by atoms with Crippen molar-refractivity contribution < 1.29 is 21.6 Å². The van der Waals surface area contributed by atoms with Crippen LogP contribution in [-0.4, -0.2) is 35.0 Å². The van der Waals surface area contributed by atoms with Crippen molar-refractivity contribution in [2.75, 3.05) is 20.6 Å². The summed E-state index contributed by atoms with van der Waals surface area (Å²) in [5, 5.41) is 3.19. The van der Waals surface area contributed by atoms with E-state index in [1.807, 2.05) is 19.9 Å². The van der Waals surface area contributed by atoms with E-state index in [1.54, 1.807) is 12.1 Å². The second-order valence-corrected chi connectivity index (χ2v) is 12.8. The second kappa shape index (κ2) is 10.7. The zero-order valence-electron chi connectivity index (χ0n) is 19.9. The third-order valence-electron chi connectivity index (χ3n) is 5.10. The Labute approximate surface area is 221 Å². The lowest BCUT2D eigenvalue weighted by Crippen LogP contribution is -2.45. The number of aryl methyl sites for hydroxylation is 2. The van der Waals surface area contributed by atoms with Gasteiger partial charge < -0.3 is 5.32 Å². The first-order valence-corrected chi connectivity index (χ1v) is 14.7. The van der Waals surface area contributed by atoms with Crippen LogP contribution in [0.2, 0.25) is 10.0 Å². The van der Waals surface area contributed by atoms with E-state index < -0.39 is 32.0 Å². The molecule has 3 aromatic rings. The summed E-state index contributed by atoms with van der Waals surface area (Å²) in [5.41, 5.74) is 2.59. The number of benzene rings is 3. The zero-order valence-corrected chi connectivity index (χ0v) is 23.1. The monoisotopic (exact) mass is 569 g/mol. The van der Waals surface area contributed by atoms with Gasteiger partial charge in [0, 0.05) is 15.7 Å². The van der Waals surface area contributed by atoms with Crippen molar-refractivity contribution in [1.29, 1.82) is 0 Å². The average molecular weight is 571 g/mol. The van der Waals surface area contributed by atoms with E-state index in [-0.39, 0.29) is 20.6 Å². The summed E-state index contributed by atoms with van der Waals surface area (Å²) in [5.74, 6) is -0.582. The number of hydrogen-bond donors (Lipinski definition) is 2. The molecule has 0 aliphatic heterocycles. The molecular weight excluding hydrogens is 545 g/mol. The highest BCUT2D eigenvalue weighted by Crippen LogP contribution is 2.26. The summed E-state index contributed by atoms with van der Waals surface area (Å²) < 4.78 is 54.0. The quantitative estimate of drug-likeness (QED) is 0.387. The van der Waals surface area contributed by atoms with Crippen LogP contribution in [0.3, 0.4) is 0 Å². The first-order chi connectivity index (χ1) is 16.7. The number of rotatable bonds is 8. The number of carbonyl (C=O) groups excluding carboxylic acids is 1. The molecule has 3 rings (SSSR count). The van der Waals surface area contributed by atoms with Crippen LogP contribution < -0.4 is 14.3 Å². The highest BCUT2D eigenvalue weighted by Gasteiger charge is 2.29. The minimum Gasteiger partial charge on any atom is -0.324 e. The van der Waals surface area contributed by atoms with Crippen LogP contribution >= 0.6 is 23.2 Å². The Morgan fingerprint density at radius 2 is 1.36 bits per heavy atom. The zero-order chi connectivity index (χ0) is 26.8. The first kappa shape index (κ1) is 27.8. The molecule has 8 nitrogen and oxygen atoms in total. The smallest absolute Gasteiger partial charge is 0.261 e. The van der Waals surface area contributed by atoms with Crippen LogP contribution in [0.25, 0.3) is 0 Å². The van der Waals surface area contributed by atoms with Crippen molar-refractivity contribution in [3.05, 3.63) is 81.8 Å². The van der Waals surface area contributed by atoms with E-state index in [4.69, 9.17) is 23.2 Å². The van der Waals surface area contributed by atoms with E-state index in [2.05, 4.69) is 10.0 Å². The van der Waals surface area contributed by atoms with E-state index in [1.165, 1.54) is 49.4 Å². The van der Waals surface area contributed by atoms with Gasteiger partial charge in [-0.1, -0.05) is 29.3 Å². The first-order valence-electron chi connectivity index (χ1n) is 10.6. The molecule has 0 saturated heterocycles. The summed E-state index contributed by atoms with van der Waals surface area (Å²) in [6, 6.07) is 14.0. The molecule has 0 radical (unpaired) electrons. The Hall–Kier alpha value is -2.79. The fourth-order valence-corrected chi connectivity index (χ4v) is 6.40. The maximum atomic E-state index is 13.0. The van der Waals surface area contributed by atoms with Crippen LogP contribution in [0.1, 0.15) is 18.1 Å². The van der Waals surface area contributed by atoms with E-state index in [0.29, 0.717) is 11.4 Å². The lowest BCUT2D eigenvalue weighted by Gasteiger charge is -2.28. The molecule has 1 atom stereocenters. The normalized spacial score (nSPS) is 12.6. The number of sulfonamides is 2. The Morgan fingerprint density at radius 1 is 0.833 bits per heavy atom. The number of nitrogens with one attached hydrogen (secondary N) is 2. The maximum Gasteiger partial charge on any atom is 0.261 e. The Balaban J connectivity index is 1.79. The molecule has 36 heavy (non-hydrogen) atoms. The highest BCUT2D eigenvalue weighted by atomic mass is 35.5. The number of anilines is 3. The molecule has 0 saturated carbocycles. The van der Waals surface area contributed by atoms with Gasteiger partial charge in [0.2, 0.25) is 15.9 Å². The largest absolute Gasteiger partial charge is 0.324 e. The topological polar surface area (TPSA) is 113 Å². The molecule has 0 spiro atoms. The van der Waals surface area contributed by atoms with E-state index in [0.717, 1.165) is 21.7 Å². The molecule has 0 bridgehead atoms. The molecule has 0 fully saturated rings. The van der Waals surface area contributed by atoms with E-state index in [9.17, 15) is 21.6 Å². The predicted octanol–water partition coefficient (Wildman–Crippen LogP) is 5.20. The van der Waals surface area contributed by atoms with Gasteiger partial charge in [-0.05, 0) is 86.5 Å². The molecular formula is C24H25Cl2N3O5S2. The van der Waals surface area contributed by atoms with Crippen molar-refractivity contribution in [2.24, 2.45) is 0 Å². The predicted molar refractivity (Wildman–Crippen MR) is 145 cm³/mol. The fourth-order valence-electron chi connectivity index (χ4n) is 3.68. The number of nitrogens with zero attached hydrogens (tertiary/aromatic N) is 1. The molecule has 0 aliphatic carbocycles. The molecule has 1 amide bonds. The van der Waals surface area contributed by atoms with Crippen molar-refractivity contribution >= 4 is 66.2 Å². The minimum absolute atomic E-state index is 0.0577. The second-order valence-electron chi connectivity index (χ2n) is 8.36. The molecule has 0 aliphatic rings. The van der Waals surface area contributed by atoms with Gasteiger partial charge in [0.05, 0.1) is 22.5 Å². The van der Waals surface area contributed by atoms with Gasteiger partial charge in [-0.3, -0.25) is 13.8 Å². The van der Waals surface area contributed by atoms with Gasteiger partial charge in [0.1, 0.15) is 6.04 Å². The fraction of sp³-hybridized carbons (Fsp3) is 0.208. The van der Waals surface area contributed by atoms with Gasteiger partial charge in [-0.2, -0.15) is 0 Å². The summed E-state index contributed by atoms with van der Waals surface area (Å²) >= 11 is 11.8. The van der Waals surface area contributed by atoms with Gasteiger partial charge in [0.25, 0.3) is 10.0 Å². The van der Waals surface area contributed by atoms with Crippen LogP contribution in [-0.2, 0) is 24.8 Å². The standard InChI is InChI=1S/C24H25Cl2N3O5S2/c1-15-9-16(2)11-22(10-15)29(35(4,31)32)17(3)24(30)27-20-5-7-23(8-6-20)36(33,34)28-21-13-18(25)12-19(26)14-21/h5-14,17,28H,1-4H3,(H,27,30). The van der Waals surface area contributed by atoms with Gasteiger partial charge in [0.15, 0.2) is 0 Å². The number of halogens is 2. The summed E-state index contributed by atoms with van der Waals surface area (Å²) in [4.78, 5) is 12.9. The SMILES string of the molecule is Cc1cc(C)cc(N(C(C)C(=O)Nc2ccc(S(=O)(=O)Nc3cc(Cl)cc(Cl)c3)cc2)S(C)(=O)=O)c1. The summed E-state index contributed by atoms with van der Waals surface area (Å²) in [6.07, 6.45) is 1.04. The lowest BCUT2D eigenvalue weighted by molar-refractivity contribution is -0.116. The summed E-state index contributed by atoms with van der Waals surface area (Å²) in [7, 11) is -7.74. The van der Waals surface area contributed by atoms with Crippen LogP contribution in [0.4, 0.5) is 17.1 Å². The Morgan fingerprint density at radius 3 is 1.86 bits per heavy atom. The average Bonchev–Trinajstić information content (AvgIpc) is 2.71. The number of carbonyl (C=O) groups is 1. The third kappa shape index (κ3) is 6.91. The Bertz CT molecular complexity index is 1470. The number of hydrogen-bond acceptors (Lipinski definition) is 5. The van der Waals surface area contributed by atoms with Crippen molar-refractivity contribution in [2.45, 2.75) is 31.7 Å². The molecule has 3 aromatic carbocycles. The van der Waals surface area contributed by atoms with Gasteiger partial charge in [-0.25, -0.2) is 16.8 Å². The molecule has 0 heterocycles. The maximum absolute atomic E-state index is 13.0. The molecule has 0 aromatic heterocycles. The lowest BCUT2D eigenvalue weighted by atomic mass is 10.1. The summed E-state index contributed by atoms with van der Waals surface area (Å²) in [6.45, 7) is 5.16. The minimum atomic E-state index is -3.95. The van der Waals surface area contributed by atoms with E-state index >= 15 is 0 Å². The Kier molecular flexibility index (Phi) is 8.24. The highest BCUT2D eigenvalue weighted by molar-refractivity contribution is 7.92. The molecule has 12 heteroatoms. The van der Waals surface area contributed by atoms with Crippen molar-refractivity contribution in [3.63, 3.8) is 0 Å².